The predicted octanol–water partition coefficient (Wildman–Crippen LogP) is 3.03. The van der Waals surface area contributed by atoms with Gasteiger partial charge in [0.1, 0.15) is 5.82 Å². The summed E-state index contributed by atoms with van der Waals surface area (Å²) in [6.45, 7) is 5.92. The Labute approximate surface area is 160 Å². The first-order valence-electron chi connectivity index (χ1n) is 9.04. The fourth-order valence-electron chi connectivity index (χ4n) is 3.59. The number of nitrogens with one attached hydrogen (secondary N) is 1. The summed E-state index contributed by atoms with van der Waals surface area (Å²) in [6.07, 6.45) is 5.82. The summed E-state index contributed by atoms with van der Waals surface area (Å²) in [5, 5.41) is 3.69. The summed E-state index contributed by atoms with van der Waals surface area (Å²) in [6, 6.07) is 10.7. The van der Waals surface area contributed by atoms with Crippen LogP contribution in [0.5, 0.6) is 0 Å². The van der Waals surface area contributed by atoms with Gasteiger partial charge < -0.3 is 14.8 Å². The highest BCUT2D eigenvalue weighted by atomic mass is 35.5. The molecule has 0 aliphatic carbocycles. The van der Waals surface area contributed by atoms with Crippen molar-refractivity contribution in [3.8, 4) is 0 Å². The summed E-state index contributed by atoms with van der Waals surface area (Å²) in [5.74, 6) is 1.96. The molecule has 1 saturated heterocycles. The topological polar surface area (TPSA) is 58.9 Å². The molecule has 138 valence electrons. The molecule has 6 nitrogen and oxygen atoms in total. The molecule has 1 aliphatic rings. The van der Waals surface area contributed by atoms with E-state index in [0.717, 1.165) is 56.3 Å². The van der Waals surface area contributed by atoms with Gasteiger partial charge in [0.05, 0.1) is 17.6 Å². The first-order valence-corrected chi connectivity index (χ1v) is 9.04. The number of halogens is 1. The summed E-state index contributed by atoms with van der Waals surface area (Å²) >= 11 is 0. The lowest BCUT2D eigenvalue weighted by Crippen LogP contribution is -2.43. The Bertz CT molecular complexity index is 826. The molecule has 0 bridgehead atoms. The molecule has 3 aromatic rings. The van der Waals surface area contributed by atoms with Crippen molar-refractivity contribution in [2.45, 2.75) is 38.9 Å². The number of rotatable bonds is 5. The SMILES string of the molecule is CCn1c(CNC2CCN(c3ncccn3)CC2)nc2ccccc21.Cl. The Morgan fingerprint density at radius 1 is 1.08 bits per heavy atom. The molecular formula is C19H25ClN6. The van der Waals surface area contributed by atoms with Crippen LogP contribution in [0.25, 0.3) is 11.0 Å². The number of para-hydroxylation sites is 2. The van der Waals surface area contributed by atoms with Gasteiger partial charge in [-0.05, 0) is 38.0 Å². The third kappa shape index (κ3) is 3.81. The van der Waals surface area contributed by atoms with Gasteiger partial charge in [0.2, 0.25) is 5.95 Å². The highest BCUT2D eigenvalue weighted by Crippen LogP contribution is 2.18. The van der Waals surface area contributed by atoms with Crippen LogP contribution in [0.4, 0.5) is 5.95 Å². The van der Waals surface area contributed by atoms with E-state index >= 15 is 0 Å². The zero-order valence-electron chi connectivity index (χ0n) is 15.0. The van der Waals surface area contributed by atoms with E-state index in [1.54, 1.807) is 0 Å². The minimum atomic E-state index is 0. The van der Waals surface area contributed by atoms with Gasteiger partial charge in [-0.1, -0.05) is 12.1 Å². The second kappa shape index (κ2) is 8.47. The van der Waals surface area contributed by atoms with Gasteiger partial charge in [0.15, 0.2) is 0 Å². The molecule has 0 atom stereocenters. The lowest BCUT2D eigenvalue weighted by molar-refractivity contribution is 0.404. The molecule has 1 fully saturated rings. The van der Waals surface area contributed by atoms with E-state index in [4.69, 9.17) is 4.98 Å². The monoisotopic (exact) mass is 372 g/mol. The summed E-state index contributed by atoms with van der Waals surface area (Å²) in [7, 11) is 0. The maximum atomic E-state index is 4.80. The molecule has 1 N–H and O–H groups in total. The summed E-state index contributed by atoms with van der Waals surface area (Å²) < 4.78 is 2.30. The van der Waals surface area contributed by atoms with Crippen LogP contribution in [0.2, 0.25) is 0 Å². The van der Waals surface area contributed by atoms with Crippen molar-refractivity contribution >= 4 is 29.4 Å². The third-order valence-electron chi connectivity index (χ3n) is 4.93. The number of fused-ring (bicyclic) bond motifs is 1. The van der Waals surface area contributed by atoms with Crippen LogP contribution in [-0.2, 0) is 13.1 Å². The first-order chi connectivity index (χ1) is 12.3. The Hall–Kier alpha value is -2.18. The number of benzene rings is 1. The highest BCUT2D eigenvalue weighted by molar-refractivity contribution is 5.85. The molecule has 0 radical (unpaired) electrons. The predicted molar refractivity (Wildman–Crippen MR) is 107 cm³/mol. The second-order valence-corrected chi connectivity index (χ2v) is 6.45. The third-order valence-corrected chi connectivity index (χ3v) is 4.93. The second-order valence-electron chi connectivity index (χ2n) is 6.45. The molecule has 0 unspecified atom stereocenters. The Morgan fingerprint density at radius 3 is 2.54 bits per heavy atom. The van der Waals surface area contributed by atoms with Crippen LogP contribution in [0.1, 0.15) is 25.6 Å². The van der Waals surface area contributed by atoms with E-state index in [1.165, 1.54) is 5.52 Å². The molecule has 26 heavy (non-hydrogen) atoms. The van der Waals surface area contributed by atoms with Gasteiger partial charge in [-0.2, -0.15) is 0 Å². The molecule has 7 heteroatoms. The molecular weight excluding hydrogens is 348 g/mol. The van der Waals surface area contributed by atoms with Crippen molar-refractivity contribution in [2.24, 2.45) is 0 Å². The molecule has 4 rings (SSSR count). The van der Waals surface area contributed by atoms with Crippen LogP contribution in [0.3, 0.4) is 0 Å². The van der Waals surface area contributed by atoms with Crippen LogP contribution in [0.15, 0.2) is 42.7 Å². The van der Waals surface area contributed by atoms with Crippen molar-refractivity contribution in [3.63, 3.8) is 0 Å². The fourth-order valence-corrected chi connectivity index (χ4v) is 3.59. The van der Waals surface area contributed by atoms with E-state index in [2.05, 4.69) is 49.9 Å². The number of nitrogens with zero attached hydrogens (tertiary/aromatic N) is 5. The number of hydrogen-bond acceptors (Lipinski definition) is 5. The van der Waals surface area contributed by atoms with Crippen molar-refractivity contribution in [3.05, 3.63) is 48.5 Å². The van der Waals surface area contributed by atoms with Crippen LogP contribution in [-0.4, -0.2) is 38.7 Å². The average Bonchev–Trinajstić information content (AvgIpc) is 3.05. The molecule has 0 saturated carbocycles. The Morgan fingerprint density at radius 2 is 1.81 bits per heavy atom. The number of aromatic nitrogens is 4. The van der Waals surface area contributed by atoms with Gasteiger partial charge in [0, 0.05) is 38.1 Å². The van der Waals surface area contributed by atoms with Gasteiger partial charge in [-0.15, -0.1) is 12.4 Å². The van der Waals surface area contributed by atoms with Gasteiger partial charge in [-0.25, -0.2) is 15.0 Å². The lowest BCUT2D eigenvalue weighted by Gasteiger charge is -2.32. The van der Waals surface area contributed by atoms with Crippen molar-refractivity contribution in [1.82, 2.24) is 24.8 Å². The van der Waals surface area contributed by atoms with E-state index in [-0.39, 0.29) is 12.4 Å². The zero-order chi connectivity index (χ0) is 17.1. The standard InChI is InChI=1S/C19H24N6.ClH/c1-2-25-17-7-4-3-6-16(17)23-18(25)14-22-15-8-12-24(13-9-15)19-20-10-5-11-21-19;/h3-7,10-11,15,22H,2,8-9,12-14H2,1H3;1H. The quantitative estimate of drug-likeness (QED) is 0.746. The van der Waals surface area contributed by atoms with Crippen LogP contribution >= 0.6 is 12.4 Å². The van der Waals surface area contributed by atoms with Crippen LogP contribution in [0, 0.1) is 0 Å². The average molecular weight is 373 g/mol. The van der Waals surface area contributed by atoms with Crippen molar-refractivity contribution < 1.29 is 0 Å². The van der Waals surface area contributed by atoms with E-state index in [0.29, 0.717) is 6.04 Å². The van der Waals surface area contributed by atoms with Gasteiger partial charge >= 0.3 is 0 Å². The van der Waals surface area contributed by atoms with Crippen LogP contribution < -0.4 is 10.2 Å². The maximum Gasteiger partial charge on any atom is 0.225 e. The smallest absolute Gasteiger partial charge is 0.225 e. The first kappa shape index (κ1) is 18.6. The van der Waals surface area contributed by atoms with Crippen molar-refractivity contribution in [1.29, 1.82) is 0 Å². The van der Waals surface area contributed by atoms with E-state index < -0.39 is 0 Å². The minimum absolute atomic E-state index is 0. The molecule has 1 aliphatic heterocycles. The zero-order valence-corrected chi connectivity index (χ0v) is 15.8. The molecule has 1 aromatic carbocycles. The number of imidazole rings is 1. The number of aryl methyl sites for hydroxylation is 1. The Kier molecular flexibility index (Phi) is 6.06. The Balaban J connectivity index is 0.00000196. The fraction of sp³-hybridized carbons (Fsp3) is 0.421. The molecule has 0 spiro atoms. The summed E-state index contributed by atoms with van der Waals surface area (Å²) in [4.78, 5) is 15.8. The van der Waals surface area contributed by atoms with Gasteiger partial charge in [-0.3, -0.25) is 0 Å². The maximum absolute atomic E-state index is 4.80. The number of piperidine rings is 1. The largest absolute Gasteiger partial charge is 0.341 e. The molecule has 0 amide bonds. The van der Waals surface area contributed by atoms with Crippen molar-refractivity contribution in [2.75, 3.05) is 18.0 Å². The highest BCUT2D eigenvalue weighted by Gasteiger charge is 2.21. The lowest BCUT2D eigenvalue weighted by atomic mass is 10.1. The van der Waals surface area contributed by atoms with E-state index in [1.807, 2.05) is 24.5 Å². The van der Waals surface area contributed by atoms with E-state index in [9.17, 15) is 0 Å². The normalized spacial score (nSPS) is 15.2. The summed E-state index contributed by atoms with van der Waals surface area (Å²) in [5.41, 5.74) is 2.30. The van der Waals surface area contributed by atoms with Gasteiger partial charge in [0.25, 0.3) is 0 Å². The number of anilines is 1. The minimum Gasteiger partial charge on any atom is -0.341 e. The molecule has 2 aromatic heterocycles. The molecule has 3 heterocycles. The number of hydrogen-bond donors (Lipinski definition) is 1.